The highest BCUT2D eigenvalue weighted by molar-refractivity contribution is 5.31. The maximum atomic E-state index is 4.48. The van der Waals surface area contributed by atoms with E-state index in [0.717, 1.165) is 37.7 Å². The highest BCUT2D eigenvalue weighted by atomic mass is 15.3. The van der Waals surface area contributed by atoms with Crippen LogP contribution >= 0.6 is 0 Å². The topological polar surface area (TPSA) is 44.3 Å². The summed E-state index contributed by atoms with van der Waals surface area (Å²) >= 11 is 0. The molecule has 1 aromatic heterocycles. The van der Waals surface area contributed by atoms with Gasteiger partial charge in [-0.1, -0.05) is 0 Å². The molecule has 5 heteroatoms. The monoisotopic (exact) mass is 235 g/mol. The molecule has 0 radical (unpaired) electrons. The number of nitrogens with one attached hydrogen (secondary N) is 1. The molecular formula is C12H21N5. The zero-order valence-corrected chi connectivity index (χ0v) is 10.8. The maximum absolute atomic E-state index is 4.48. The SMILES string of the molecule is CNc1ccnc(CC2CN(C)CCN2C)n1. The van der Waals surface area contributed by atoms with E-state index in [4.69, 9.17) is 0 Å². The van der Waals surface area contributed by atoms with Crippen LogP contribution in [0.2, 0.25) is 0 Å². The van der Waals surface area contributed by atoms with Crippen LogP contribution in [0, 0.1) is 0 Å². The number of nitrogens with zero attached hydrogens (tertiary/aromatic N) is 4. The van der Waals surface area contributed by atoms with Crippen molar-refractivity contribution in [1.29, 1.82) is 0 Å². The van der Waals surface area contributed by atoms with Gasteiger partial charge in [0.05, 0.1) is 0 Å². The maximum Gasteiger partial charge on any atom is 0.132 e. The Morgan fingerprint density at radius 1 is 1.41 bits per heavy atom. The van der Waals surface area contributed by atoms with Crippen molar-refractivity contribution in [3.63, 3.8) is 0 Å². The summed E-state index contributed by atoms with van der Waals surface area (Å²) in [4.78, 5) is 13.6. The summed E-state index contributed by atoms with van der Waals surface area (Å²) < 4.78 is 0. The minimum atomic E-state index is 0.515. The van der Waals surface area contributed by atoms with Gasteiger partial charge in [-0.3, -0.25) is 0 Å². The number of anilines is 1. The van der Waals surface area contributed by atoms with E-state index >= 15 is 0 Å². The molecule has 2 heterocycles. The van der Waals surface area contributed by atoms with Crippen LogP contribution in [-0.2, 0) is 6.42 Å². The van der Waals surface area contributed by atoms with Crippen LogP contribution in [0.5, 0.6) is 0 Å². The number of aromatic nitrogens is 2. The molecule has 1 unspecified atom stereocenters. The summed E-state index contributed by atoms with van der Waals surface area (Å²) in [7, 11) is 6.23. The molecule has 1 atom stereocenters. The van der Waals surface area contributed by atoms with E-state index in [2.05, 4.69) is 39.2 Å². The molecule has 0 saturated carbocycles. The van der Waals surface area contributed by atoms with Crippen molar-refractivity contribution in [2.45, 2.75) is 12.5 Å². The fraction of sp³-hybridized carbons (Fsp3) is 0.667. The largest absolute Gasteiger partial charge is 0.373 e. The Balaban J connectivity index is 2.03. The summed E-state index contributed by atoms with van der Waals surface area (Å²) in [6.45, 7) is 3.35. The Morgan fingerprint density at radius 3 is 3.00 bits per heavy atom. The highest BCUT2D eigenvalue weighted by Crippen LogP contribution is 2.11. The summed E-state index contributed by atoms with van der Waals surface area (Å²) in [5, 5.41) is 3.05. The zero-order valence-electron chi connectivity index (χ0n) is 10.8. The molecule has 17 heavy (non-hydrogen) atoms. The van der Waals surface area contributed by atoms with E-state index in [1.807, 2.05) is 19.3 Å². The Kier molecular flexibility index (Phi) is 3.91. The van der Waals surface area contributed by atoms with Crippen LogP contribution < -0.4 is 5.32 Å². The predicted octanol–water partition coefficient (Wildman–Crippen LogP) is 0.307. The number of likely N-dealkylation sites (N-methyl/N-ethyl adjacent to an activating group) is 2. The van der Waals surface area contributed by atoms with Gasteiger partial charge >= 0.3 is 0 Å². The third-order valence-electron chi connectivity index (χ3n) is 3.36. The van der Waals surface area contributed by atoms with E-state index in [-0.39, 0.29) is 0 Å². The van der Waals surface area contributed by atoms with Gasteiger partial charge in [0.25, 0.3) is 0 Å². The summed E-state index contributed by atoms with van der Waals surface area (Å²) in [6.07, 6.45) is 2.73. The molecule has 1 N–H and O–H groups in total. The first kappa shape index (κ1) is 12.3. The van der Waals surface area contributed by atoms with Gasteiger partial charge in [-0.25, -0.2) is 9.97 Å². The van der Waals surface area contributed by atoms with Crippen molar-refractivity contribution < 1.29 is 0 Å². The molecule has 1 aromatic rings. The summed E-state index contributed by atoms with van der Waals surface area (Å²) in [5.41, 5.74) is 0. The lowest BCUT2D eigenvalue weighted by atomic mass is 10.1. The van der Waals surface area contributed by atoms with Gasteiger partial charge in [0.15, 0.2) is 0 Å². The van der Waals surface area contributed by atoms with E-state index < -0.39 is 0 Å². The Morgan fingerprint density at radius 2 is 2.24 bits per heavy atom. The standard InChI is InChI=1S/C12H21N5/c1-13-11-4-5-14-12(15-11)8-10-9-16(2)6-7-17(10)3/h4-5,10H,6-9H2,1-3H3,(H,13,14,15). The Labute approximate surface area is 103 Å². The normalized spacial score (nSPS) is 22.6. The van der Waals surface area contributed by atoms with E-state index in [0.29, 0.717) is 6.04 Å². The van der Waals surface area contributed by atoms with E-state index in [9.17, 15) is 0 Å². The average molecular weight is 235 g/mol. The van der Waals surface area contributed by atoms with Gasteiger partial charge < -0.3 is 15.1 Å². The fourth-order valence-electron chi connectivity index (χ4n) is 2.17. The van der Waals surface area contributed by atoms with Crippen molar-refractivity contribution >= 4 is 5.82 Å². The number of piperazine rings is 1. The average Bonchev–Trinajstić information content (AvgIpc) is 2.34. The van der Waals surface area contributed by atoms with Crippen molar-refractivity contribution in [2.24, 2.45) is 0 Å². The first-order valence-corrected chi connectivity index (χ1v) is 6.07. The van der Waals surface area contributed by atoms with Gasteiger partial charge in [-0.15, -0.1) is 0 Å². The molecule has 0 amide bonds. The third-order valence-corrected chi connectivity index (χ3v) is 3.36. The molecule has 1 fully saturated rings. The van der Waals surface area contributed by atoms with Crippen LogP contribution in [-0.4, -0.2) is 66.6 Å². The van der Waals surface area contributed by atoms with Crippen molar-refractivity contribution in [1.82, 2.24) is 19.8 Å². The van der Waals surface area contributed by atoms with Crippen LogP contribution in [0.3, 0.4) is 0 Å². The summed E-state index contributed by atoms with van der Waals surface area (Å²) in [5.74, 6) is 1.81. The summed E-state index contributed by atoms with van der Waals surface area (Å²) in [6, 6.07) is 2.40. The van der Waals surface area contributed by atoms with Crippen molar-refractivity contribution in [3.8, 4) is 0 Å². The number of hydrogen-bond acceptors (Lipinski definition) is 5. The Hall–Kier alpha value is -1.20. The first-order chi connectivity index (χ1) is 8.19. The lowest BCUT2D eigenvalue weighted by molar-refractivity contribution is 0.113. The predicted molar refractivity (Wildman–Crippen MR) is 69.2 cm³/mol. The lowest BCUT2D eigenvalue weighted by Gasteiger charge is -2.37. The highest BCUT2D eigenvalue weighted by Gasteiger charge is 2.23. The van der Waals surface area contributed by atoms with Gasteiger partial charge in [-0.05, 0) is 20.2 Å². The molecule has 0 spiro atoms. The number of hydrogen-bond donors (Lipinski definition) is 1. The quantitative estimate of drug-likeness (QED) is 0.816. The van der Waals surface area contributed by atoms with Crippen molar-refractivity contribution in [2.75, 3.05) is 46.1 Å². The van der Waals surface area contributed by atoms with Gasteiger partial charge in [-0.2, -0.15) is 0 Å². The minimum Gasteiger partial charge on any atom is -0.373 e. The van der Waals surface area contributed by atoms with Gasteiger partial charge in [0, 0.05) is 45.3 Å². The van der Waals surface area contributed by atoms with E-state index in [1.54, 1.807) is 0 Å². The van der Waals surface area contributed by atoms with E-state index in [1.165, 1.54) is 0 Å². The first-order valence-electron chi connectivity index (χ1n) is 6.07. The van der Waals surface area contributed by atoms with Crippen LogP contribution in [0.25, 0.3) is 0 Å². The van der Waals surface area contributed by atoms with Crippen LogP contribution in [0.15, 0.2) is 12.3 Å². The fourth-order valence-corrected chi connectivity index (χ4v) is 2.17. The van der Waals surface area contributed by atoms with Gasteiger partial charge in [0.1, 0.15) is 11.6 Å². The second-order valence-electron chi connectivity index (χ2n) is 4.71. The smallest absolute Gasteiger partial charge is 0.132 e. The molecule has 1 aliphatic heterocycles. The Bertz CT molecular complexity index is 368. The second-order valence-corrected chi connectivity index (χ2v) is 4.71. The van der Waals surface area contributed by atoms with Gasteiger partial charge in [0.2, 0.25) is 0 Å². The number of rotatable bonds is 3. The van der Waals surface area contributed by atoms with Crippen molar-refractivity contribution in [3.05, 3.63) is 18.1 Å². The zero-order chi connectivity index (χ0) is 12.3. The minimum absolute atomic E-state index is 0.515. The second kappa shape index (κ2) is 5.42. The molecular weight excluding hydrogens is 214 g/mol. The molecule has 1 saturated heterocycles. The third kappa shape index (κ3) is 3.14. The molecule has 0 aromatic carbocycles. The molecule has 0 bridgehead atoms. The van der Waals surface area contributed by atoms with Crippen LogP contribution in [0.4, 0.5) is 5.82 Å². The molecule has 94 valence electrons. The molecule has 5 nitrogen and oxygen atoms in total. The van der Waals surface area contributed by atoms with Crippen LogP contribution in [0.1, 0.15) is 5.82 Å². The molecule has 2 rings (SSSR count). The molecule has 0 aliphatic carbocycles. The lowest BCUT2D eigenvalue weighted by Crippen LogP contribution is -2.50. The molecule has 1 aliphatic rings.